The Kier molecular flexibility index (Phi) is 3.94. The number of nitrogens with one attached hydrogen (secondary N) is 1. The fraction of sp³-hybridized carbons (Fsp3) is 0.667. The van der Waals surface area contributed by atoms with Crippen molar-refractivity contribution in [1.29, 1.82) is 0 Å². The van der Waals surface area contributed by atoms with Gasteiger partial charge in [-0.25, -0.2) is 4.79 Å². The van der Waals surface area contributed by atoms with E-state index in [9.17, 15) is 4.79 Å². The Morgan fingerprint density at radius 2 is 2.05 bits per heavy atom. The highest BCUT2D eigenvalue weighted by atomic mass is 16.6. The lowest BCUT2D eigenvalue weighted by Gasteiger charge is -2.27. The Morgan fingerprint density at radius 3 is 2.68 bits per heavy atom. The maximum atomic E-state index is 12.0. The van der Waals surface area contributed by atoms with Crippen molar-refractivity contribution in [2.75, 3.05) is 26.2 Å². The molecule has 7 nitrogen and oxygen atoms in total. The Morgan fingerprint density at radius 1 is 1.37 bits per heavy atom. The van der Waals surface area contributed by atoms with E-state index in [1.54, 1.807) is 11.1 Å². The molecule has 104 valence electrons. The molecule has 1 aromatic heterocycles. The van der Waals surface area contributed by atoms with Crippen LogP contribution in [0, 0.1) is 0 Å². The number of ether oxygens (including phenoxy) is 1. The molecule has 1 N–H and O–H groups in total. The quantitative estimate of drug-likeness (QED) is 0.799. The Balaban J connectivity index is 2.12. The predicted molar refractivity (Wildman–Crippen MR) is 69.0 cm³/mol. The van der Waals surface area contributed by atoms with E-state index >= 15 is 0 Å². The Hall–Kier alpha value is -1.76. The van der Waals surface area contributed by atoms with Gasteiger partial charge < -0.3 is 15.0 Å². The summed E-state index contributed by atoms with van der Waals surface area (Å²) < 4.78 is 5.36. The second-order valence-electron chi connectivity index (χ2n) is 5.51. The van der Waals surface area contributed by atoms with Crippen LogP contribution in [0.3, 0.4) is 0 Å². The Bertz CT molecular complexity index is 452. The van der Waals surface area contributed by atoms with Crippen LogP contribution in [0.4, 0.5) is 4.79 Å². The van der Waals surface area contributed by atoms with Crippen LogP contribution < -0.4 is 10.1 Å². The summed E-state index contributed by atoms with van der Waals surface area (Å²) in [6.45, 7) is 8.87. The molecule has 19 heavy (non-hydrogen) atoms. The molecule has 0 bridgehead atoms. The predicted octanol–water partition coefficient (Wildman–Crippen LogP) is 0.573. The van der Waals surface area contributed by atoms with E-state index in [1.165, 1.54) is 0 Å². The Labute approximate surface area is 112 Å². The third kappa shape index (κ3) is 3.37. The van der Waals surface area contributed by atoms with Crippen LogP contribution in [-0.2, 0) is 5.41 Å². The molecule has 1 saturated heterocycles. The number of nitrogens with zero attached hydrogens (tertiary/aromatic N) is 4. The summed E-state index contributed by atoms with van der Waals surface area (Å²) >= 11 is 0. The van der Waals surface area contributed by atoms with Crippen molar-refractivity contribution in [2.24, 2.45) is 0 Å². The van der Waals surface area contributed by atoms with Crippen LogP contribution in [0.5, 0.6) is 5.88 Å². The lowest BCUT2D eigenvalue weighted by Crippen LogP contribution is -2.47. The summed E-state index contributed by atoms with van der Waals surface area (Å²) in [5.74, 6) is 0.242. The lowest BCUT2D eigenvalue weighted by molar-refractivity contribution is 0.142. The standard InChI is InChI=1S/C12H19N5O2/c1-12(2,3)9-8-14-16-15-10(9)19-11(18)17-6-4-13-5-7-17/h8,13H,4-7H2,1-3H3. The number of amides is 1. The van der Waals surface area contributed by atoms with Gasteiger partial charge in [0.05, 0.1) is 6.20 Å². The molecule has 2 rings (SSSR count). The molecule has 1 amide bonds. The highest BCUT2D eigenvalue weighted by Gasteiger charge is 2.25. The minimum atomic E-state index is -0.382. The van der Waals surface area contributed by atoms with Crippen molar-refractivity contribution >= 4 is 6.09 Å². The van der Waals surface area contributed by atoms with Crippen molar-refractivity contribution in [1.82, 2.24) is 25.6 Å². The summed E-state index contributed by atoms with van der Waals surface area (Å²) in [7, 11) is 0. The number of aromatic nitrogens is 3. The van der Waals surface area contributed by atoms with E-state index < -0.39 is 0 Å². The highest BCUT2D eigenvalue weighted by Crippen LogP contribution is 2.28. The molecular formula is C12H19N5O2. The largest absolute Gasteiger partial charge is 0.416 e. The van der Waals surface area contributed by atoms with E-state index in [-0.39, 0.29) is 17.4 Å². The van der Waals surface area contributed by atoms with Gasteiger partial charge in [0.15, 0.2) is 0 Å². The molecule has 1 aliphatic rings. The first kappa shape index (κ1) is 13.7. The van der Waals surface area contributed by atoms with Gasteiger partial charge >= 0.3 is 6.09 Å². The van der Waals surface area contributed by atoms with Gasteiger partial charge in [-0.1, -0.05) is 25.9 Å². The molecule has 0 aliphatic carbocycles. The molecule has 1 fully saturated rings. The number of hydrogen-bond acceptors (Lipinski definition) is 6. The molecule has 0 aromatic carbocycles. The maximum absolute atomic E-state index is 12.0. The molecule has 0 unspecified atom stereocenters. The van der Waals surface area contributed by atoms with Gasteiger partial charge in [0.1, 0.15) is 0 Å². The molecule has 1 aromatic rings. The van der Waals surface area contributed by atoms with Gasteiger partial charge in [0.25, 0.3) is 5.88 Å². The van der Waals surface area contributed by atoms with Crippen LogP contribution in [-0.4, -0.2) is 52.6 Å². The molecule has 2 heterocycles. The minimum Gasteiger partial charge on any atom is -0.389 e. The van der Waals surface area contributed by atoms with Crippen molar-refractivity contribution in [3.05, 3.63) is 11.8 Å². The first-order chi connectivity index (χ1) is 8.98. The zero-order chi connectivity index (χ0) is 13.9. The van der Waals surface area contributed by atoms with E-state index in [4.69, 9.17) is 4.74 Å². The molecule has 0 atom stereocenters. The van der Waals surface area contributed by atoms with E-state index in [1.807, 2.05) is 20.8 Å². The molecule has 0 saturated carbocycles. The molecule has 0 radical (unpaired) electrons. The van der Waals surface area contributed by atoms with Gasteiger partial charge in [0, 0.05) is 31.7 Å². The first-order valence-corrected chi connectivity index (χ1v) is 6.35. The lowest BCUT2D eigenvalue weighted by atomic mass is 9.89. The topological polar surface area (TPSA) is 80.2 Å². The van der Waals surface area contributed by atoms with Crippen LogP contribution in [0.2, 0.25) is 0 Å². The van der Waals surface area contributed by atoms with Crippen molar-refractivity contribution in [2.45, 2.75) is 26.2 Å². The van der Waals surface area contributed by atoms with Crippen LogP contribution in [0.15, 0.2) is 6.20 Å². The third-order valence-electron chi connectivity index (χ3n) is 2.97. The number of carbonyl (C=O) groups excluding carboxylic acids is 1. The average Bonchev–Trinajstić information content (AvgIpc) is 2.39. The van der Waals surface area contributed by atoms with E-state index in [0.717, 1.165) is 18.7 Å². The summed E-state index contributed by atoms with van der Waals surface area (Å²) in [6.07, 6.45) is 1.21. The SMILES string of the molecule is CC(C)(C)c1cnnnc1OC(=O)N1CCNCC1. The number of hydrogen-bond donors (Lipinski definition) is 1. The monoisotopic (exact) mass is 265 g/mol. The average molecular weight is 265 g/mol. The normalized spacial score (nSPS) is 16.3. The second kappa shape index (κ2) is 5.48. The number of carbonyl (C=O) groups is 1. The third-order valence-corrected chi connectivity index (χ3v) is 2.97. The number of piperazine rings is 1. The van der Waals surface area contributed by atoms with Crippen LogP contribution in [0.25, 0.3) is 0 Å². The van der Waals surface area contributed by atoms with E-state index in [2.05, 4.69) is 20.7 Å². The van der Waals surface area contributed by atoms with Crippen LogP contribution >= 0.6 is 0 Å². The first-order valence-electron chi connectivity index (χ1n) is 6.35. The smallest absolute Gasteiger partial charge is 0.389 e. The minimum absolute atomic E-state index is 0.206. The summed E-state index contributed by atoms with van der Waals surface area (Å²) in [5.41, 5.74) is 0.563. The second-order valence-corrected chi connectivity index (χ2v) is 5.51. The summed E-state index contributed by atoms with van der Waals surface area (Å²) in [5, 5.41) is 14.3. The fourth-order valence-corrected chi connectivity index (χ4v) is 1.84. The molecule has 0 spiro atoms. The van der Waals surface area contributed by atoms with Gasteiger partial charge in [-0.2, -0.15) is 0 Å². The molecular weight excluding hydrogens is 246 g/mol. The van der Waals surface area contributed by atoms with Gasteiger partial charge in [-0.15, -0.1) is 5.10 Å². The van der Waals surface area contributed by atoms with Crippen LogP contribution in [0.1, 0.15) is 26.3 Å². The fourth-order valence-electron chi connectivity index (χ4n) is 1.84. The zero-order valence-corrected chi connectivity index (χ0v) is 11.5. The zero-order valence-electron chi connectivity index (χ0n) is 11.5. The summed E-state index contributed by atoms with van der Waals surface area (Å²) in [6, 6.07) is 0. The van der Waals surface area contributed by atoms with E-state index in [0.29, 0.717) is 13.1 Å². The molecule has 1 aliphatic heterocycles. The van der Waals surface area contributed by atoms with Crippen molar-refractivity contribution < 1.29 is 9.53 Å². The van der Waals surface area contributed by atoms with Gasteiger partial charge in [0.2, 0.25) is 0 Å². The van der Waals surface area contributed by atoms with Gasteiger partial charge in [-0.05, 0) is 10.6 Å². The van der Waals surface area contributed by atoms with Crippen molar-refractivity contribution in [3.63, 3.8) is 0 Å². The maximum Gasteiger partial charge on any atom is 0.416 e. The summed E-state index contributed by atoms with van der Waals surface area (Å²) in [4.78, 5) is 13.7. The van der Waals surface area contributed by atoms with Gasteiger partial charge in [-0.3, -0.25) is 0 Å². The van der Waals surface area contributed by atoms with Crippen molar-refractivity contribution in [3.8, 4) is 5.88 Å². The highest BCUT2D eigenvalue weighted by molar-refractivity contribution is 5.70. The number of rotatable bonds is 1. The molecule has 7 heteroatoms.